The molecule has 0 aromatic heterocycles. The first kappa shape index (κ1) is 32.0. The summed E-state index contributed by atoms with van der Waals surface area (Å²) < 4.78 is 39.0. The molecule has 0 atom stereocenters. The normalized spacial score (nSPS) is 13.5. The summed E-state index contributed by atoms with van der Waals surface area (Å²) >= 11 is 0. The first-order valence-corrected chi connectivity index (χ1v) is 11.0. The summed E-state index contributed by atoms with van der Waals surface area (Å²) in [6.07, 6.45) is 13.1. The molecule has 30 heavy (non-hydrogen) atoms. The maximum atomic E-state index is 9.75. The van der Waals surface area contributed by atoms with Gasteiger partial charge in [-0.25, -0.2) is 0 Å². The Kier molecular flexibility index (Phi) is 18.5. The predicted molar refractivity (Wildman–Crippen MR) is 121 cm³/mol. The van der Waals surface area contributed by atoms with Gasteiger partial charge in [0.05, 0.1) is 0 Å². The quantitative estimate of drug-likeness (QED) is 0.165. The Hall–Kier alpha value is -0.189. The zero-order valence-electron chi connectivity index (χ0n) is 18.0. The summed E-state index contributed by atoms with van der Waals surface area (Å²) in [6, 6.07) is 10.4. The van der Waals surface area contributed by atoms with E-state index in [4.69, 9.17) is 0 Å². The van der Waals surface area contributed by atoms with E-state index in [0.717, 1.165) is 12.3 Å². The van der Waals surface area contributed by atoms with Crippen molar-refractivity contribution in [3.8, 4) is 0 Å². The fraction of sp³-hybridized carbons (Fsp3) is 0.304. The van der Waals surface area contributed by atoms with Crippen LogP contribution in [0.5, 0.6) is 0 Å². The Labute approximate surface area is 196 Å². The van der Waals surface area contributed by atoms with Crippen LogP contribution in [-0.2, 0) is 19.8 Å². The maximum Gasteiger partial charge on any atom is 0.673 e. The molecule has 0 bridgehead atoms. The van der Waals surface area contributed by atoms with E-state index < -0.39 is 7.25 Å². The molecular formula is C23H31BF4OsP-. The number of rotatable bonds is 7. The molecule has 0 nitrogen and oxygen atoms in total. The summed E-state index contributed by atoms with van der Waals surface area (Å²) in [6.45, 7) is 17.7. The second-order valence-electron chi connectivity index (χ2n) is 7.01. The van der Waals surface area contributed by atoms with E-state index in [1.54, 1.807) is 0 Å². The average Bonchev–Trinajstić information content (AvgIpc) is 3.12. The molecular weight excluding hydrogens is 584 g/mol. The molecule has 7 heteroatoms. The van der Waals surface area contributed by atoms with Gasteiger partial charge in [-0.15, -0.1) is 0 Å². The van der Waals surface area contributed by atoms with E-state index >= 15 is 0 Å². The average molecular weight is 616 g/mol. The van der Waals surface area contributed by atoms with Gasteiger partial charge in [-0.2, -0.15) is 0 Å². The van der Waals surface area contributed by atoms with Crippen molar-refractivity contribution in [2.45, 2.75) is 45.4 Å². The van der Waals surface area contributed by atoms with Crippen molar-refractivity contribution in [3.05, 3.63) is 99.2 Å². The van der Waals surface area contributed by atoms with Crippen molar-refractivity contribution >= 4 is 15.2 Å². The van der Waals surface area contributed by atoms with Gasteiger partial charge in [0.15, 0.2) is 0 Å². The van der Waals surface area contributed by atoms with E-state index in [1.807, 2.05) is 38.2 Å². The Morgan fingerprint density at radius 3 is 1.60 bits per heavy atom. The molecule has 0 aliphatic heterocycles. The number of benzene rings is 1. The smallest absolute Gasteiger partial charge is 0.418 e. The van der Waals surface area contributed by atoms with Gasteiger partial charge in [-0.3, -0.25) is 0 Å². The fourth-order valence-corrected chi connectivity index (χ4v) is 5.88. The van der Waals surface area contributed by atoms with Gasteiger partial charge in [-0.1, -0.05) is 77.8 Å². The SMILES string of the molecule is F[B-](F)(F)F.[CH2][C]([CH]c1ccccc1)CC(=C)P(C(C)C)C(C)C.[CH]1[CH][CH][CH][CH]1.[Os]. The van der Waals surface area contributed by atoms with E-state index in [9.17, 15) is 17.3 Å². The standard InChI is InChI=1S/C18H26P.C5H5.BF4.Os/c1-14(2)19(15(3)4)17(6)12-16(5)13-18-10-8-7-9-11-18;1-2-4-5-3-1;2-1(3,4)5;/h7-11,13-15H,5-6,12H2,1-4H3;1-5H;;/q;;-1;. The molecule has 1 aromatic rings. The third-order valence-electron chi connectivity index (χ3n) is 3.63. The Bertz CT molecular complexity index is 524. The van der Waals surface area contributed by atoms with Crippen LogP contribution < -0.4 is 0 Å². The van der Waals surface area contributed by atoms with Crippen LogP contribution in [0.2, 0.25) is 0 Å². The molecule has 2 rings (SSSR count). The van der Waals surface area contributed by atoms with Crippen LogP contribution in [0.1, 0.15) is 39.7 Å². The second kappa shape index (κ2) is 17.4. The van der Waals surface area contributed by atoms with E-state index in [2.05, 4.69) is 71.9 Å². The summed E-state index contributed by atoms with van der Waals surface area (Å²) in [5.41, 5.74) is 2.62. The third-order valence-corrected chi connectivity index (χ3v) is 6.75. The van der Waals surface area contributed by atoms with Gasteiger partial charge in [0.25, 0.3) is 0 Å². The van der Waals surface area contributed by atoms with Crippen molar-refractivity contribution in [2.75, 3.05) is 0 Å². The van der Waals surface area contributed by atoms with Crippen molar-refractivity contribution in [1.29, 1.82) is 0 Å². The van der Waals surface area contributed by atoms with Crippen LogP contribution in [0, 0.1) is 51.4 Å². The summed E-state index contributed by atoms with van der Waals surface area (Å²) in [5.74, 6) is 1.16. The van der Waals surface area contributed by atoms with Crippen LogP contribution in [0.15, 0.2) is 42.2 Å². The Balaban J connectivity index is 0. The molecule has 8 radical (unpaired) electrons. The van der Waals surface area contributed by atoms with Crippen LogP contribution >= 0.6 is 7.92 Å². The van der Waals surface area contributed by atoms with Gasteiger partial charge < -0.3 is 17.3 Å². The minimum absolute atomic E-state index is 0. The van der Waals surface area contributed by atoms with Gasteiger partial charge in [0, 0.05) is 19.8 Å². The van der Waals surface area contributed by atoms with Gasteiger partial charge >= 0.3 is 7.25 Å². The van der Waals surface area contributed by atoms with Crippen molar-refractivity contribution in [3.63, 3.8) is 0 Å². The first-order valence-electron chi connectivity index (χ1n) is 9.49. The minimum Gasteiger partial charge on any atom is -0.418 e. The summed E-state index contributed by atoms with van der Waals surface area (Å²) in [7, 11) is -6.12. The molecule has 1 aliphatic rings. The van der Waals surface area contributed by atoms with Crippen LogP contribution in [-0.4, -0.2) is 18.6 Å². The van der Waals surface area contributed by atoms with Gasteiger partial charge in [0.2, 0.25) is 0 Å². The second-order valence-corrected chi connectivity index (χ2v) is 10.5. The van der Waals surface area contributed by atoms with Crippen molar-refractivity contribution in [2.24, 2.45) is 0 Å². The zero-order chi connectivity index (χ0) is 22.4. The molecule has 168 valence electrons. The van der Waals surface area contributed by atoms with Crippen LogP contribution in [0.4, 0.5) is 17.3 Å². The van der Waals surface area contributed by atoms with Crippen molar-refractivity contribution in [1.82, 2.24) is 0 Å². The number of hydrogen-bond donors (Lipinski definition) is 0. The number of allylic oxidation sites excluding steroid dienone is 1. The molecule has 0 saturated heterocycles. The summed E-state index contributed by atoms with van der Waals surface area (Å²) in [5, 5.41) is 1.37. The van der Waals surface area contributed by atoms with E-state index in [-0.39, 0.29) is 27.7 Å². The third kappa shape index (κ3) is 18.6. The number of hydrogen-bond acceptors (Lipinski definition) is 0. The molecule has 0 N–H and O–H groups in total. The molecule has 0 spiro atoms. The first-order chi connectivity index (χ1) is 13.4. The molecule has 0 heterocycles. The van der Waals surface area contributed by atoms with Crippen molar-refractivity contribution < 1.29 is 37.1 Å². The Morgan fingerprint density at radius 2 is 1.27 bits per heavy atom. The van der Waals surface area contributed by atoms with Crippen LogP contribution in [0.25, 0.3) is 0 Å². The zero-order valence-corrected chi connectivity index (χ0v) is 21.5. The minimum atomic E-state index is -6.00. The van der Waals surface area contributed by atoms with Gasteiger partial charge in [0.1, 0.15) is 0 Å². The topological polar surface area (TPSA) is 0 Å². The molecule has 0 amide bonds. The summed E-state index contributed by atoms with van der Waals surface area (Å²) in [4.78, 5) is 0. The van der Waals surface area contributed by atoms with E-state index in [0.29, 0.717) is 11.3 Å². The molecule has 1 aliphatic carbocycles. The predicted octanol–water partition coefficient (Wildman–Crippen LogP) is 8.17. The largest absolute Gasteiger partial charge is 0.673 e. The Morgan fingerprint density at radius 1 is 0.900 bits per heavy atom. The van der Waals surface area contributed by atoms with Crippen LogP contribution in [0.3, 0.4) is 0 Å². The number of halogens is 4. The van der Waals surface area contributed by atoms with Gasteiger partial charge in [-0.05, 0) is 74.7 Å². The molecule has 0 unspecified atom stereocenters. The molecule has 1 aromatic carbocycles. The van der Waals surface area contributed by atoms with E-state index in [1.165, 1.54) is 10.9 Å². The molecule has 1 fully saturated rings. The maximum absolute atomic E-state index is 9.75. The fourth-order valence-electron chi connectivity index (χ4n) is 2.84. The molecule has 1 saturated carbocycles. The monoisotopic (exact) mass is 617 g/mol.